The lowest BCUT2D eigenvalue weighted by Gasteiger charge is -2.32. The highest BCUT2D eigenvalue weighted by atomic mass is 16.5. The minimum atomic E-state index is -0.311. The van der Waals surface area contributed by atoms with Gasteiger partial charge in [-0.2, -0.15) is 0 Å². The molecular weight excluding hydrogens is 374 g/mol. The van der Waals surface area contributed by atoms with Crippen molar-refractivity contribution in [3.8, 4) is 11.5 Å². The Hall–Kier alpha value is -3.11. The molecule has 30 heavy (non-hydrogen) atoms. The first-order valence-corrected chi connectivity index (χ1v) is 10.2. The van der Waals surface area contributed by atoms with E-state index in [0.717, 1.165) is 35.4 Å². The molecule has 0 amide bonds. The van der Waals surface area contributed by atoms with Gasteiger partial charge in [0.15, 0.2) is 17.3 Å². The summed E-state index contributed by atoms with van der Waals surface area (Å²) in [6, 6.07) is 23.7. The monoisotopic (exact) mass is 401 g/mol. The molecule has 0 saturated carbocycles. The SMILES string of the molecule is COc1cc2c(cc1OC)[C@@H](c1ccccc1)[C@H](C(=O)c1ccccc1)N(C)CC2. The van der Waals surface area contributed by atoms with Gasteiger partial charge in [-0.3, -0.25) is 9.69 Å². The van der Waals surface area contributed by atoms with Crippen LogP contribution in [0.5, 0.6) is 11.5 Å². The molecule has 2 atom stereocenters. The van der Waals surface area contributed by atoms with E-state index in [1.165, 1.54) is 5.56 Å². The molecule has 0 unspecified atom stereocenters. The van der Waals surface area contributed by atoms with Crippen molar-refractivity contribution in [1.29, 1.82) is 0 Å². The summed E-state index contributed by atoms with van der Waals surface area (Å²) in [6.45, 7) is 0.787. The molecule has 0 fully saturated rings. The van der Waals surface area contributed by atoms with Crippen LogP contribution in [-0.2, 0) is 6.42 Å². The Balaban J connectivity index is 1.92. The third-order valence-corrected chi connectivity index (χ3v) is 5.99. The molecule has 0 radical (unpaired) electrons. The number of hydrogen-bond donors (Lipinski definition) is 0. The molecule has 1 aliphatic heterocycles. The quantitative estimate of drug-likeness (QED) is 0.587. The molecule has 0 aromatic heterocycles. The van der Waals surface area contributed by atoms with Crippen LogP contribution in [0.4, 0.5) is 0 Å². The molecule has 1 heterocycles. The molecule has 4 rings (SSSR count). The van der Waals surface area contributed by atoms with Gasteiger partial charge >= 0.3 is 0 Å². The average molecular weight is 402 g/mol. The number of hydrogen-bond acceptors (Lipinski definition) is 4. The summed E-state index contributed by atoms with van der Waals surface area (Å²) in [4.78, 5) is 15.9. The van der Waals surface area contributed by atoms with Gasteiger partial charge in [-0.25, -0.2) is 0 Å². The molecule has 1 aliphatic rings. The van der Waals surface area contributed by atoms with Gasteiger partial charge < -0.3 is 9.47 Å². The van der Waals surface area contributed by atoms with Gasteiger partial charge in [0.05, 0.1) is 20.3 Å². The molecule has 0 saturated heterocycles. The van der Waals surface area contributed by atoms with Crippen LogP contribution < -0.4 is 9.47 Å². The van der Waals surface area contributed by atoms with Crippen LogP contribution in [0.15, 0.2) is 72.8 Å². The summed E-state index contributed by atoms with van der Waals surface area (Å²) in [7, 11) is 5.35. The van der Waals surface area contributed by atoms with Crippen LogP contribution >= 0.6 is 0 Å². The van der Waals surface area contributed by atoms with Crippen LogP contribution in [-0.4, -0.2) is 44.5 Å². The van der Waals surface area contributed by atoms with E-state index >= 15 is 0 Å². The van der Waals surface area contributed by atoms with Gasteiger partial charge in [0.25, 0.3) is 0 Å². The lowest BCUT2D eigenvalue weighted by Crippen LogP contribution is -2.43. The summed E-state index contributed by atoms with van der Waals surface area (Å²) >= 11 is 0. The Kier molecular flexibility index (Phi) is 5.86. The number of ketones is 1. The van der Waals surface area contributed by atoms with Gasteiger partial charge in [-0.15, -0.1) is 0 Å². The number of nitrogens with zero attached hydrogens (tertiary/aromatic N) is 1. The van der Waals surface area contributed by atoms with E-state index in [4.69, 9.17) is 9.47 Å². The first-order valence-electron chi connectivity index (χ1n) is 10.2. The maximum absolute atomic E-state index is 13.7. The molecule has 0 bridgehead atoms. The predicted octanol–water partition coefficient (Wildman–Crippen LogP) is 4.58. The number of ether oxygens (including phenoxy) is 2. The largest absolute Gasteiger partial charge is 0.493 e. The van der Waals surface area contributed by atoms with Crippen molar-refractivity contribution >= 4 is 5.78 Å². The lowest BCUT2D eigenvalue weighted by molar-refractivity contribution is 0.0839. The van der Waals surface area contributed by atoms with Gasteiger partial charge in [-0.05, 0) is 42.3 Å². The topological polar surface area (TPSA) is 38.8 Å². The normalized spacial score (nSPS) is 18.9. The number of rotatable bonds is 5. The van der Waals surface area contributed by atoms with Crippen molar-refractivity contribution < 1.29 is 14.3 Å². The highest BCUT2D eigenvalue weighted by molar-refractivity contribution is 6.01. The van der Waals surface area contributed by atoms with Crippen molar-refractivity contribution in [3.05, 3.63) is 95.1 Å². The molecule has 4 nitrogen and oxygen atoms in total. The summed E-state index contributed by atoms with van der Waals surface area (Å²) in [5.41, 5.74) is 4.17. The van der Waals surface area contributed by atoms with E-state index in [9.17, 15) is 4.79 Å². The first-order chi connectivity index (χ1) is 14.6. The third kappa shape index (κ3) is 3.71. The zero-order valence-electron chi connectivity index (χ0n) is 17.7. The van der Waals surface area contributed by atoms with Gasteiger partial charge in [0.2, 0.25) is 0 Å². The highest BCUT2D eigenvalue weighted by Gasteiger charge is 2.38. The number of carbonyl (C=O) groups is 1. The maximum atomic E-state index is 13.7. The van der Waals surface area contributed by atoms with E-state index < -0.39 is 0 Å². The van der Waals surface area contributed by atoms with Crippen molar-refractivity contribution in [2.45, 2.75) is 18.4 Å². The van der Waals surface area contributed by atoms with E-state index in [2.05, 4.69) is 29.2 Å². The van der Waals surface area contributed by atoms with Gasteiger partial charge in [0.1, 0.15) is 0 Å². The molecule has 3 aromatic rings. The number of methoxy groups -OCH3 is 2. The number of fused-ring (bicyclic) bond motifs is 1. The Morgan fingerprint density at radius 2 is 1.50 bits per heavy atom. The van der Waals surface area contributed by atoms with E-state index in [1.54, 1.807) is 14.2 Å². The second-order valence-corrected chi connectivity index (χ2v) is 7.70. The van der Waals surface area contributed by atoms with Crippen LogP contribution in [0.25, 0.3) is 0 Å². The number of benzene rings is 3. The lowest BCUT2D eigenvalue weighted by atomic mass is 9.80. The Bertz CT molecular complexity index is 1020. The Morgan fingerprint density at radius 1 is 0.900 bits per heavy atom. The van der Waals surface area contributed by atoms with Gasteiger partial charge in [-0.1, -0.05) is 60.7 Å². The third-order valence-electron chi connectivity index (χ3n) is 5.99. The van der Waals surface area contributed by atoms with Crippen molar-refractivity contribution in [3.63, 3.8) is 0 Å². The first kappa shape index (κ1) is 20.2. The molecule has 0 N–H and O–H groups in total. The fourth-order valence-electron chi connectivity index (χ4n) is 4.45. The molecular formula is C26H27NO3. The van der Waals surface area contributed by atoms with Crippen molar-refractivity contribution in [2.24, 2.45) is 0 Å². The number of carbonyl (C=O) groups excluding carboxylic acids is 1. The van der Waals surface area contributed by atoms with Crippen LogP contribution in [0, 0.1) is 0 Å². The van der Waals surface area contributed by atoms with Gasteiger partial charge in [0, 0.05) is 18.0 Å². The summed E-state index contributed by atoms with van der Waals surface area (Å²) in [5.74, 6) is 1.43. The molecule has 0 spiro atoms. The van der Waals surface area contributed by atoms with E-state index in [1.807, 2.05) is 55.6 Å². The maximum Gasteiger partial charge on any atom is 0.180 e. The predicted molar refractivity (Wildman–Crippen MR) is 119 cm³/mol. The van der Waals surface area contributed by atoms with Crippen LogP contribution in [0.3, 0.4) is 0 Å². The van der Waals surface area contributed by atoms with E-state index in [-0.39, 0.29) is 17.7 Å². The second-order valence-electron chi connectivity index (χ2n) is 7.70. The fourth-order valence-corrected chi connectivity index (χ4v) is 4.45. The van der Waals surface area contributed by atoms with E-state index in [0.29, 0.717) is 5.75 Å². The molecule has 4 heteroatoms. The van der Waals surface area contributed by atoms with Crippen molar-refractivity contribution in [1.82, 2.24) is 4.90 Å². The summed E-state index contributed by atoms with van der Waals surface area (Å²) < 4.78 is 11.2. The standard InChI is InChI=1S/C26H27NO3/c1-27-15-14-20-16-22(29-2)23(30-3)17-21(20)24(18-10-6-4-7-11-18)25(27)26(28)19-12-8-5-9-13-19/h4-13,16-17,24-25H,14-15H2,1-3H3/t24-,25-/m1/s1. The minimum Gasteiger partial charge on any atom is -0.493 e. The summed E-state index contributed by atoms with van der Waals surface area (Å²) in [5, 5.41) is 0. The number of likely N-dealkylation sites (N-methyl/N-ethyl adjacent to an activating group) is 1. The van der Waals surface area contributed by atoms with Crippen LogP contribution in [0.2, 0.25) is 0 Å². The van der Waals surface area contributed by atoms with Crippen molar-refractivity contribution in [2.75, 3.05) is 27.8 Å². The minimum absolute atomic E-state index is 0.110. The molecule has 3 aromatic carbocycles. The molecule has 154 valence electrons. The Morgan fingerprint density at radius 3 is 2.13 bits per heavy atom. The smallest absolute Gasteiger partial charge is 0.180 e. The zero-order valence-corrected chi connectivity index (χ0v) is 17.7. The average Bonchev–Trinajstić information content (AvgIpc) is 2.94. The summed E-state index contributed by atoms with van der Waals surface area (Å²) in [6.07, 6.45) is 0.841. The molecule has 0 aliphatic carbocycles. The zero-order chi connectivity index (χ0) is 21.1. The second kappa shape index (κ2) is 8.72. The highest BCUT2D eigenvalue weighted by Crippen LogP contribution is 2.41. The fraction of sp³-hybridized carbons (Fsp3) is 0.269. The van der Waals surface area contributed by atoms with Crippen LogP contribution in [0.1, 0.15) is 33.0 Å². The Labute approximate surface area is 178 Å². The number of Topliss-reactive ketones (excluding diaryl/α,β-unsaturated/α-hetero) is 1.